The Morgan fingerprint density at radius 1 is 0.882 bits per heavy atom. The van der Waals surface area contributed by atoms with E-state index in [1.165, 1.54) is 0 Å². The molecule has 34 heavy (non-hydrogen) atoms. The molecule has 0 aliphatic carbocycles. The molecular formula is C26H26N6O2. The fourth-order valence-electron chi connectivity index (χ4n) is 3.63. The molecule has 2 atom stereocenters. The first-order chi connectivity index (χ1) is 16.4. The Hall–Kier alpha value is -4.20. The molecule has 1 aliphatic heterocycles. The number of anilines is 3. The van der Waals surface area contributed by atoms with Crippen LogP contribution < -0.4 is 15.4 Å². The molecule has 8 heteroatoms. The molecule has 0 unspecified atom stereocenters. The van der Waals surface area contributed by atoms with Gasteiger partial charge in [0.1, 0.15) is 29.7 Å². The Bertz CT molecular complexity index is 1370. The number of hydrogen-bond donors (Lipinski definition) is 2. The first-order valence-electron chi connectivity index (χ1n) is 11.2. The van der Waals surface area contributed by atoms with Crippen LogP contribution in [0.4, 0.5) is 17.2 Å². The molecule has 0 saturated heterocycles. The van der Waals surface area contributed by atoms with E-state index in [9.17, 15) is 0 Å². The zero-order valence-corrected chi connectivity index (χ0v) is 19.5. The topological polar surface area (TPSA) is 93.6 Å². The van der Waals surface area contributed by atoms with Gasteiger partial charge < -0.3 is 20.1 Å². The molecule has 5 rings (SSSR count). The van der Waals surface area contributed by atoms with Crippen LogP contribution >= 0.6 is 0 Å². The fraction of sp³-hybridized carbons (Fsp3) is 0.231. The number of nitrogens with zero attached hydrogens (tertiary/aromatic N) is 4. The van der Waals surface area contributed by atoms with Gasteiger partial charge in [-0.2, -0.15) is 0 Å². The van der Waals surface area contributed by atoms with Crippen LogP contribution in [0.2, 0.25) is 0 Å². The largest absolute Gasteiger partial charge is 0.460 e. The summed E-state index contributed by atoms with van der Waals surface area (Å²) >= 11 is 0. The van der Waals surface area contributed by atoms with Crippen LogP contribution in [0.25, 0.3) is 10.9 Å². The van der Waals surface area contributed by atoms with Crippen molar-refractivity contribution in [1.82, 2.24) is 15.0 Å². The Kier molecular flexibility index (Phi) is 5.71. The van der Waals surface area contributed by atoms with Gasteiger partial charge in [0.15, 0.2) is 0 Å². The summed E-state index contributed by atoms with van der Waals surface area (Å²) in [5, 5.41) is 7.55. The van der Waals surface area contributed by atoms with Gasteiger partial charge in [-0.3, -0.25) is 4.98 Å². The lowest BCUT2D eigenvalue weighted by Gasteiger charge is -2.13. The highest BCUT2D eigenvalue weighted by Crippen LogP contribution is 2.30. The van der Waals surface area contributed by atoms with Gasteiger partial charge in [-0.15, -0.1) is 0 Å². The average Bonchev–Trinajstić information content (AvgIpc) is 3.14. The summed E-state index contributed by atoms with van der Waals surface area (Å²) in [6, 6.07) is 16.3. The smallest absolute Gasteiger partial charge is 0.289 e. The maximum absolute atomic E-state index is 5.99. The normalized spacial score (nSPS) is 17.2. The van der Waals surface area contributed by atoms with Gasteiger partial charge in [0, 0.05) is 22.5 Å². The van der Waals surface area contributed by atoms with Gasteiger partial charge in [0.05, 0.1) is 17.8 Å². The lowest BCUT2D eigenvalue weighted by Crippen LogP contribution is -2.17. The number of hydrogen-bond acceptors (Lipinski definition) is 8. The highest BCUT2D eigenvalue weighted by molar-refractivity contribution is 5.97. The lowest BCUT2D eigenvalue weighted by molar-refractivity contribution is 0.218. The molecule has 1 aliphatic rings. The van der Waals surface area contributed by atoms with E-state index < -0.39 is 0 Å². The number of aryl methyl sites for hydroxylation is 2. The van der Waals surface area contributed by atoms with Crippen molar-refractivity contribution in [3.05, 3.63) is 72.3 Å². The van der Waals surface area contributed by atoms with Crippen molar-refractivity contribution in [2.75, 3.05) is 10.6 Å². The molecule has 0 saturated carbocycles. The second-order valence-electron chi connectivity index (χ2n) is 8.42. The Balaban J connectivity index is 1.37. The zero-order valence-electron chi connectivity index (χ0n) is 19.5. The first kappa shape index (κ1) is 21.6. The lowest BCUT2D eigenvalue weighted by atomic mass is 10.1. The van der Waals surface area contributed by atoms with Crippen LogP contribution in [0.1, 0.15) is 25.1 Å². The molecule has 0 spiro atoms. The van der Waals surface area contributed by atoms with Gasteiger partial charge in [-0.1, -0.05) is 0 Å². The van der Waals surface area contributed by atoms with E-state index in [0.29, 0.717) is 17.6 Å². The number of pyridine rings is 1. The van der Waals surface area contributed by atoms with E-state index in [2.05, 4.69) is 30.6 Å². The van der Waals surface area contributed by atoms with E-state index in [-0.39, 0.29) is 12.1 Å². The van der Waals surface area contributed by atoms with Crippen LogP contribution in [0.5, 0.6) is 11.5 Å². The fourth-order valence-corrected chi connectivity index (χ4v) is 3.63. The number of fused-ring (bicyclic) bond motifs is 1. The summed E-state index contributed by atoms with van der Waals surface area (Å²) in [6.45, 7) is 8.00. The molecule has 3 heterocycles. The minimum absolute atomic E-state index is 0.0565. The van der Waals surface area contributed by atoms with E-state index in [1.54, 1.807) is 12.5 Å². The molecule has 4 aromatic rings. The monoisotopic (exact) mass is 454 g/mol. The van der Waals surface area contributed by atoms with Crippen molar-refractivity contribution in [1.29, 1.82) is 0 Å². The third-order valence-corrected chi connectivity index (χ3v) is 5.73. The Morgan fingerprint density at radius 2 is 1.71 bits per heavy atom. The summed E-state index contributed by atoms with van der Waals surface area (Å²) < 4.78 is 11.8. The minimum atomic E-state index is 0.0565. The summed E-state index contributed by atoms with van der Waals surface area (Å²) in [5.74, 6) is 2.19. The molecule has 8 nitrogen and oxygen atoms in total. The Morgan fingerprint density at radius 3 is 2.44 bits per heavy atom. The number of amidine groups is 1. The maximum Gasteiger partial charge on any atom is 0.289 e. The van der Waals surface area contributed by atoms with Crippen molar-refractivity contribution in [2.24, 2.45) is 4.99 Å². The molecular weight excluding hydrogens is 428 g/mol. The number of benzene rings is 2. The van der Waals surface area contributed by atoms with Crippen molar-refractivity contribution in [3.8, 4) is 11.5 Å². The third kappa shape index (κ3) is 4.61. The van der Waals surface area contributed by atoms with Crippen LogP contribution in [0.3, 0.4) is 0 Å². The molecule has 0 amide bonds. The highest BCUT2D eigenvalue weighted by atomic mass is 16.5. The summed E-state index contributed by atoms with van der Waals surface area (Å²) in [7, 11) is 0. The van der Waals surface area contributed by atoms with Crippen LogP contribution in [-0.2, 0) is 4.74 Å². The van der Waals surface area contributed by atoms with E-state index in [1.807, 2.05) is 76.2 Å². The van der Waals surface area contributed by atoms with Gasteiger partial charge >= 0.3 is 0 Å². The number of aromatic nitrogens is 3. The summed E-state index contributed by atoms with van der Waals surface area (Å²) in [6.07, 6.45) is 3.34. The van der Waals surface area contributed by atoms with E-state index in [0.717, 1.165) is 39.3 Å². The SMILES string of the molecule is Cc1ccc(Oc2ccc(Nc3ncnc4ccc(NC5=N[C@@H](C)[C@H](C)O5)cc34)cc2C)cn1. The minimum Gasteiger partial charge on any atom is -0.460 e. The molecule has 172 valence electrons. The van der Waals surface area contributed by atoms with Crippen molar-refractivity contribution >= 4 is 34.1 Å². The quantitative estimate of drug-likeness (QED) is 0.396. The third-order valence-electron chi connectivity index (χ3n) is 5.73. The molecule has 0 bridgehead atoms. The van der Waals surface area contributed by atoms with Gasteiger partial charge in [-0.05, 0) is 81.8 Å². The number of aliphatic imine (C=N–C) groups is 1. The molecule has 0 radical (unpaired) electrons. The van der Waals surface area contributed by atoms with Crippen LogP contribution in [0.15, 0.2) is 66.0 Å². The molecule has 2 aromatic heterocycles. The maximum atomic E-state index is 5.99. The van der Waals surface area contributed by atoms with E-state index >= 15 is 0 Å². The van der Waals surface area contributed by atoms with Crippen molar-refractivity contribution in [2.45, 2.75) is 39.8 Å². The zero-order chi connectivity index (χ0) is 23.7. The predicted octanol–water partition coefficient (Wildman–Crippen LogP) is 5.75. The van der Waals surface area contributed by atoms with Gasteiger partial charge in [0.25, 0.3) is 6.02 Å². The molecule has 2 N–H and O–H groups in total. The van der Waals surface area contributed by atoms with Crippen LogP contribution in [-0.4, -0.2) is 33.1 Å². The standard InChI is InChI=1S/C26H26N6O2/c1-15-11-19(7-10-24(15)34-21-8-5-16(2)27-13-21)31-25-22-12-20(6-9-23(22)28-14-29-25)32-26-30-17(3)18(4)33-26/h5-14,17-18H,1-4H3,(H,30,32)(H,28,29,31)/t17-,18-/m0/s1. The van der Waals surface area contributed by atoms with Gasteiger partial charge in [0.2, 0.25) is 0 Å². The van der Waals surface area contributed by atoms with Crippen molar-refractivity contribution < 1.29 is 9.47 Å². The van der Waals surface area contributed by atoms with Crippen molar-refractivity contribution in [3.63, 3.8) is 0 Å². The number of nitrogens with one attached hydrogen (secondary N) is 2. The Labute approximate surface area is 198 Å². The highest BCUT2D eigenvalue weighted by Gasteiger charge is 2.23. The van der Waals surface area contributed by atoms with E-state index in [4.69, 9.17) is 9.47 Å². The van der Waals surface area contributed by atoms with Gasteiger partial charge in [-0.25, -0.2) is 15.0 Å². The second-order valence-corrected chi connectivity index (χ2v) is 8.42. The number of ether oxygens (including phenoxy) is 2. The first-order valence-corrected chi connectivity index (χ1v) is 11.2. The predicted molar refractivity (Wildman–Crippen MR) is 134 cm³/mol. The molecule has 0 fully saturated rings. The average molecular weight is 455 g/mol. The summed E-state index contributed by atoms with van der Waals surface area (Å²) in [4.78, 5) is 17.7. The second kappa shape index (κ2) is 8.97. The number of rotatable bonds is 5. The molecule has 2 aromatic carbocycles. The summed E-state index contributed by atoms with van der Waals surface area (Å²) in [5.41, 5.74) is 4.54. The van der Waals surface area contributed by atoms with Crippen LogP contribution in [0, 0.1) is 13.8 Å².